The predicted molar refractivity (Wildman–Crippen MR) is 116 cm³/mol. The van der Waals surface area contributed by atoms with Gasteiger partial charge in [0.2, 0.25) is 5.91 Å². The number of fused-ring (bicyclic) bond motifs is 2. The summed E-state index contributed by atoms with van der Waals surface area (Å²) in [5.74, 6) is 0.229. The number of H-pyrrole nitrogens is 1. The Morgan fingerprint density at radius 2 is 2.14 bits per heavy atom. The van der Waals surface area contributed by atoms with Gasteiger partial charge in [-0.3, -0.25) is 9.69 Å². The van der Waals surface area contributed by atoms with Gasteiger partial charge in [-0.2, -0.15) is 0 Å². The molecular weight excluding hydrogens is 346 g/mol. The molecule has 0 saturated carbocycles. The number of amides is 1. The van der Waals surface area contributed by atoms with Crippen LogP contribution >= 0.6 is 0 Å². The summed E-state index contributed by atoms with van der Waals surface area (Å²) in [7, 11) is 2.17. The van der Waals surface area contributed by atoms with Crippen molar-refractivity contribution < 1.29 is 4.79 Å². The second kappa shape index (κ2) is 7.75. The van der Waals surface area contributed by atoms with Crippen LogP contribution in [0.5, 0.6) is 0 Å². The Morgan fingerprint density at radius 1 is 1.32 bits per heavy atom. The Kier molecular flexibility index (Phi) is 5.33. The zero-order chi connectivity index (χ0) is 19.8. The molecule has 4 rings (SSSR count). The normalized spacial score (nSPS) is 21.7. The molecule has 0 fully saturated rings. The molecule has 1 N–H and O–H groups in total. The van der Waals surface area contributed by atoms with E-state index in [1.165, 1.54) is 40.4 Å². The summed E-state index contributed by atoms with van der Waals surface area (Å²) in [6, 6.07) is 7.10. The number of carbonyl (C=O) groups is 1. The van der Waals surface area contributed by atoms with Gasteiger partial charge >= 0.3 is 0 Å². The van der Waals surface area contributed by atoms with Gasteiger partial charge in [-0.15, -0.1) is 0 Å². The smallest absolute Gasteiger partial charge is 0.231 e. The van der Waals surface area contributed by atoms with Crippen LogP contribution in [0.1, 0.15) is 51.2 Å². The van der Waals surface area contributed by atoms with Crippen LogP contribution in [-0.4, -0.2) is 52.9 Å². The van der Waals surface area contributed by atoms with Gasteiger partial charge in [0.15, 0.2) is 0 Å². The van der Waals surface area contributed by atoms with Gasteiger partial charge in [-0.1, -0.05) is 38.0 Å². The number of aromatic amines is 1. The SMILES string of the molecule is CCCCCN(C(=O)C1C=C2c3cccc4[nH]cc(c34)CC2N(C)C1)C(C)C. The summed E-state index contributed by atoms with van der Waals surface area (Å²) in [4.78, 5) is 21.3. The molecule has 1 aromatic heterocycles. The molecule has 0 saturated heterocycles. The number of rotatable bonds is 6. The monoisotopic (exact) mass is 379 g/mol. The molecule has 2 aromatic rings. The lowest BCUT2D eigenvalue weighted by Gasteiger charge is -2.41. The van der Waals surface area contributed by atoms with E-state index >= 15 is 0 Å². The second-order valence-electron chi connectivity index (χ2n) is 8.76. The highest BCUT2D eigenvalue weighted by molar-refractivity contribution is 5.99. The quantitative estimate of drug-likeness (QED) is 0.753. The van der Waals surface area contributed by atoms with E-state index in [0.29, 0.717) is 6.04 Å². The third kappa shape index (κ3) is 3.28. The van der Waals surface area contributed by atoms with Gasteiger partial charge in [0.25, 0.3) is 0 Å². The van der Waals surface area contributed by atoms with E-state index in [1.807, 2.05) is 0 Å². The van der Waals surface area contributed by atoms with Gasteiger partial charge in [0.05, 0.1) is 5.92 Å². The maximum absolute atomic E-state index is 13.4. The van der Waals surface area contributed by atoms with Crippen molar-refractivity contribution in [3.05, 3.63) is 41.6 Å². The van der Waals surface area contributed by atoms with E-state index in [-0.39, 0.29) is 17.9 Å². The van der Waals surface area contributed by atoms with Crippen molar-refractivity contribution in [2.75, 3.05) is 20.1 Å². The third-order valence-corrected chi connectivity index (χ3v) is 6.49. The number of benzene rings is 1. The zero-order valence-corrected chi connectivity index (χ0v) is 17.7. The van der Waals surface area contributed by atoms with Crippen LogP contribution in [0.2, 0.25) is 0 Å². The Morgan fingerprint density at radius 3 is 2.89 bits per heavy atom. The average molecular weight is 380 g/mol. The van der Waals surface area contributed by atoms with Gasteiger partial charge in [0, 0.05) is 42.3 Å². The van der Waals surface area contributed by atoms with Crippen LogP contribution < -0.4 is 0 Å². The topological polar surface area (TPSA) is 39.3 Å². The molecule has 150 valence electrons. The summed E-state index contributed by atoms with van der Waals surface area (Å²) in [6.07, 6.45) is 8.92. The van der Waals surface area contributed by atoms with Crippen LogP contribution in [-0.2, 0) is 11.2 Å². The maximum Gasteiger partial charge on any atom is 0.231 e. The lowest BCUT2D eigenvalue weighted by molar-refractivity contribution is -0.136. The van der Waals surface area contributed by atoms with Crippen LogP contribution in [0.4, 0.5) is 0 Å². The number of nitrogens with zero attached hydrogens (tertiary/aromatic N) is 2. The molecule has 4 heteroatoms. The number of nitrogens with one attached hydrogen (secondary N) is 1. The first-order chi connectivity index (χ1) is 13.5. The fourth-order valence-electron chi connectivity index (χ4n) is 4.97. The fourth-order valence-corrected chi connectivity index (χ4v) is 4.97. The van der Waals surface area contributed by atoms with Crippen molar-refractivity contribution in [1.29, 1.82) is 0 Å². The molecule has 2 heterocycles. The van der Waals surface area contributed by atoms with E-state index in [4.69, 9.17) is 0 Å². The van der Waals surface area contributed by atoms with Crippen molar-refractivity contribution in [2.24, 2.45) is 5.92 Å². The fraction of sp³-hybridized carbons (Fsp3) is 0.542. The van der Waals surface area contributed by atoms with E-state index in [2.05, 4.69) is 73.1 Å². The molecule has 4 nitrogen and oxygen atoms in total. The molecular formula is C24H33N3O. The van der Waals surface area contributed by atoms with Crippen LogP contribution in [0.15, 0.2) is 30.5 Å². The Balaban J connectivity index is 1.67. The predicted octanol–water partition coefficient (Wildman–Crippen LogP) is 4.46. The van der Waals surface area contributed by atoms with Crippen molar-refractivity contribution in [2.45, 2.75) is 58.5 Å². The van der Waals surface area contributed by atoms with E-state index in [0.717, 1.165) is 25.9 Å². The number of hydrogen-bond donors (Lipinski definition) is 1. The van der Waals surface area contributed by atoms with Crippen LogP contribution in [0, 0.1) is 5.92 Å². The molecule has 1 amide bonds. The highest BCUT2D eigenvalue weighted by Crippen LogP contribution is 2.41. The van der Waals surface area contributed by atoms with Gasteiger partial charge in [-0.05, 0) is 56.5 Å². The molecule has 2 unspecified atom stereocenters. The minimum atomic E-state index is -0.0592. The second-order valence-corrected chi connectivity index (χ2v) is 8.76. The lowest BCUT2D eigenvalue weighted by Crippen LogP contribution is -2.49. The van der Waals surface area contributed by atoms with Crippen molar-refractivity contribution in [3.8, 4) is 0 Å². The van der Waals surface area contributed by atoms with Crippen molar-refractivity contribution >= 4 is 22.4 Å². The number of likely N-dealkylation sites (N-methyl/N-ethyl adjacent to an activating group) is 1. The molecule has 0 bridgehead atoms. The minimum absolute atomic E-state index is 0.0592. The van der Waals surface area contributed by atoms with E-state index in [9.17, 15) is 4.79 Å². The molecule has 0 spiro atoms. The summed E-state index contributed by atoms with van der Waals surface area (Å²) < 4.78 is 0. The first kappa shape index (κ1) is 19.3. The maximum atomic E-state index is 13.4. The zero-order valence-electron chi connectivity index (χ0n) is 17.7. The highest BCUT2D eigenvalue weighted by Gasteiger charge is 2.37. The molecule has 0 radical (unpaired) electrons. The number of hydrogen-bond acceptors (Lipinski definition) is 2. The number of carbonyl (C=O) groups excluding carboxylic acids is 1. The standard InChI is InChI=1S/C24H33N3O/c1-5-6-7-11-27(16(2)3)24(28)18-12-20-19-9-8-10-21-23(19)17(14-25-21)13-22(20)26(4)15-18/h8-10,12,14,16,18,22,25H,5-7,11,13,15H2,1-4H3. The van der Waals surface area contributed by atoms with Gasteiger partial charge in [-0.25, -0.2) is 0 Å². The lowest BCUT2D eigenvalue weighted by atomic mass is 9.79. The van der Waals surface area contributed by atoms with Crippen molar-refractivity contribution in [3.63, 3.8) is 0 Å². The molecule has 28 heavy (non-hydrogen) atoms. The Hall–Kier alpha value is -2.07. The summed E-state index contributed by atoms with van der Waals surface area (Å²) in [5, 5.41) is 1.34. The van der Waals surface area contributed by atoms with Gasteiger partial charge in [0.1, 0.15) is 0 Å². The Bertz CT molecular complexity index is 894. The van der Waals surface area contributed by atoms with E-state index in [1.54, 1.807) is 0 Å². The molecule has 1 aliphatic heterocycles. The first-order valence-corrected chi connectivity index (χ1v) is 10.8. The number of aromatic nitrogens is 1. The van der Waals surface area contributed by atoms with Crippen molar-refractivity contribution in [1.82, 2.24) is 14.8 Å². The van der Waals surface area contributed by atoms with Crippen LogP contribution in [0.25, 0.3) is 16.5 Å². The van der Waals surface area contributed by atoms with E-state index < -0.39 is 0 Å². The Labute approximate surface area is 168 Å². The number of unbranched alkanes of at least 4 members (excludes halogenated alkanes) is 2. The average Bonchev–Trinajstić information content (AvgIpc) is 3.09. The molecule has 2 aliphatic rings. The van der Waals surface area contributed by atoms with Gasteiger partial charge < -0.3 is 9.88 Å². The third-order valence-electron chi connectivity index (χ3n) is 6.49. The minimum Gasteiger partial charge on any atom is -0.361 e. The summed E-state index contributed by atoms with van der Waals surface area (Å²) in [5.41, 5.74) is 5.23. The molecule has 1 aromatic carbocycles. The summed E-state index contributed by atoms with van der Waals surface area (Å²) >= 11 is 0. The summed E-state index contributed by atoms with van der Waals surface area (Å²) in [6.45, 7) is 8.16. The first-order valence-electron chi connectivity index (χ1n) is 10.8. The molecule has 1 aliphatic carbocycles. The highest BCUT2D eigenvalue weighted by atomic mass is 16.2. The largest absolute Gasteiger partial charge is 0.361 e. The van der Waals surface area contributed by atoms with Crippen LogP contribution in [0.3, 0.4) is 0 Å². The molecule has 2 atom stereocenters.